The van der Waals surface area contributed by atoms with Crippen molar-refractivity contribution in [2.24, 2.45) is 23.5 Å². The molecule has 3 rings (SSSR count). The SMILES string of the molecule is NC1C2CCC(C2)C1C(=O)NCCS(=O)Cc1ccccc1. The van der Waals surface area contributed by atoms with Crippen molar-refractivity contribution < 1.29 is 9.00 Å². The lowest BCUT2D eigenvalue weighted by Gasteiger charge is -2.26. The van der Waals surface area contributed by atoms with Crippen molar-refractivity contribution in [3.63, 3.8) is 0 Å². The molecule has 1 aromatic rings. The van der Waals surface area contributed by atoms with Gasteiger partial charge in [0.05, 0.1) is 5.92 Å². The highest BCUT2D eigenvalue weighted by Gasteiger charge is 2.48. The smallest absolute Gasteiger partial charge is 0.224 e. The first-order valence-corrected chi connectivity index (χ1v) is 9.56. The zero-order chi connectivity index (χ0) is 15.5. The van der Waals surface area contributed by atoms with E-state index in [1.54, 1.807) is 0 Å². The normalized spacial score (nSPS) is 31.1. The molecule has 1 amide bonds. The highest BCUT2D eigenvalue weighted by atomic mass is 32.2. The molecule has 2 aliphatic rings. The van der Waals surface area contributed by atoms with Gasteiger partial charge in [-0.3, -0.25) is 9.00 Å². The summed E-state index contributed by atoms with van der Waals surface area (Å²) in [6.45, 7) is 0.471. The van der Waals surface area contributed by atoms with Crippen molar-refractivity contribution in [3.05, 3.63) is 35.9 Å². The van der Waals surface area contributed by atoms with Gasteiger partial charge in [0.25, 0.3) is 0 Å². The molecule has 5 unspecified atom stereocenters. The van der Waals surface area contributed by atoms with E-state index in [1.807, 2.05) is 30.3 Å². The van der Waals surface area contributed by atoms with Crippen LogP contribution in [0.2, 0.25) is 0 Å². The Kier molecular flexibility index (Phi) is 4.93. The van der Waals surface area contributed by atoms with Gasteiger partial charge in [-0.05, 0) is 36.7 Å². The fourth-order valence-corrected chi connectivity index (χ4v) is 5.00. The van der Waals surface area contributed by atoms with Gasteiger partial charge in [0.2, 0.25) is 5.91 Å². The Labute approximate surface area is 134 Å². The Bertz CT molecular complexity index is 547. The number of hydrogen-bond acceptors (Lipinski definition) is 3. The average Bonchev–Trinajstić information content (AvgIpc) is 3.09. The molecular weight excluding hydrogens is 296 g/mol. The van der Waals surface area contributed by atoms with Gasteiger partial charge < -0.3 is 11.1 Å². The van der Waals surface area contributed by atoms with Gasteiger partial charge in [-0.15, -0.1) is 0 Å². The number of fused-ring (bicyclic) bond motifs is 2. The van der Waals surface area contributed by atoms with Crippen LogP contribution in [0.3, 0.4) is 0 Å². The van der Waals surface area contributed by atoms with Crippen LogP contribution in [0.25, 0.3) is 0 Å². The maximum Gasteiger partial charge on any atom is 0.224 e. The molecule has 2 aliphatic carbocycles. The summed E-state index contributed by atoms with van der Waals surface area (Å²) in [6, 6.07) is 9.82. The van der Waals surface area contributed by atoms with Crippen molar-refractivity contribution in [2.75, 3.05) is 12.3 Å². The molecule has 5 heteroatoms. The average molecular weight is 320 g/mol. The van der Waals surface area contributed by atoms with Crippen molar-refractivity contribution in [1.82, 2.24) is 5.32 Å². The molecule has 4 nitrogen and oxygen atoms in total. The van der Waals surface area contributed by atoms with Gasteiger partial charge in [-0.2, -0.15) is 0 Å². The van der Waals surface area contributed by atoms with Gasteiger partial charge in [-0.25, -0.2) is 0 Å². The van der Waals surface area contributed by atoms with E-state index in [0.29, 0.717) is 29.9 Å². The summed E-state index contributed by atoms with van der Waals surface area (Å²) in [5.74, 6) is 2.08. The maximum atomic E-state index is 12.3. The Morgan fingerprint density at radius 1 is 1.23 bits per heavy atom. The van der Waals surface area contributed by atoms with Gasteiger partial charge >= 0.3 is 0 Å². The molecule has 120 valence electrons. The summed E-state index contributed by atoms with van der Waals surface area (Å²) in [5.41, 5.74) is 7.25. The third kappa shape index (κ3) is 3.41. The molecule has 0 saturated heterocycles. The monoisotopic (exact) mass is 320 g/mol. The third-order valence-corrected chi connectivity index (χ3v) is 6.40. The number of hydrogen-bond donors (Lipinski definition) is 2. The van der Waals surface area contributed by atoms with E-state index in [-0.39, 0.29) is 17.9 Å². The van der Waals surface area contributed by atoms with Crippen LogP contribution in [0.5, 0.6) is 0 Å². The van der Waals surface area contributed by atoms with Crippen molar-refractivity contribution >= 4 is 16.7 Å². The van der Waals surface area contributed by atoms with E-state index in [9.17, 15) is 9.00 Å². The number of rotatable bonds is 6. The minimum absolute atomic E-state index is 0.0218. The summed E-state index contributed by atoms with van der Waals surface area (Å²) in [6.07, 6.45) is 3.42. The van der Waals surface area contributed by atoms with Crippen molar-refractivity contribution in [3.8, 4) is 0 Å². The fourth-order valence-electron chi connectivity index (χ4n) is 3.96. The quantitative estimate of drug-likeness (QED) is 0.833. The predicted octanol–water partition coefficient (Wildman–Crippen LogP) is 1.42. The van der Waals surface area contributed by atoms with Crippen LogP contribution in [0, 0.1) is 17.8 Å². The van der Waals surface area contributed by atoms with E-state index < -0.39 is 10.8 Å². The van der Waals surface area contributed by atoms with E-state index in [1.165, 1.54) is 6.42 Å². The molecule has 22 heavy (non-hydrogen) atoms. The van der Waals surface area contributed by atoms with Crippen LogP contribution in [0.4, 0.5) is 0 Å². The van der Waals surface area contributed by atoms with Crippen LogP contribution in [0.15, 0.2) is 30.3 Å². The highest BCUT2D eigenvalue weighted by molar-refractivity contribution is 7.84. The second-order valence-corrected chi connectivity index (χ2v) is 8.08. The lowest BCUT2D eigenvalue weighted by atomic mass is 9.84. The standard InChI is InChI=1S/C17H24N2O2S/c18-16-14-7-6-13(10-14)15(16)17(20)19-8-9-22(21)11-12-4-2-1-3-5-12/h1-5,13-16H,6-11,18H2,(H,19,20). The summed E-state index contributed by atoms with van der Waals surface area (Å²) in [7, 11) is -0.945. The minimum Gasteiger partial charge on any atom is -0.355 e. The largest absolute Gasteiger partial charge is 0.355 e. The molecule has 1 aromatic carbocycles. The first-order valence-electron chi connectivity index (χ1n) is 8.07. The minimum atomic E-state index is -0.945. The Balaban J connectivity index is 1.41. The molecular formula is C17H24N2O2S. The zero-order valence-corrected chi connectivity index (χ0v) is 13.6. The first kappa shape index (κ1) is 15.7. The predicted molar refractivity (Wildman–Crippen MR) is 88.5 cm³/mol. The summed E-state index contributed by atoms with van der Waals surface area (Å²) in [5, 5.41) is 2.94. The summed E-state index contributed by atoms with van der Waals surface area (Å²) < 4.78 is 12.0. The third-order valence-electron chi connectivity index (χ3n) is 5.08. The van der Waals surface area contributed by atoms with E-state index in [4.69, 9.17) is 5.73 Å². The molecule has 2 fully saturated rings. The lowest BCUT2D eigenvalue weighted by molar-refractivity contribution is -0.126. The Morgan fingerprint density at radius 3 is 2.64 bits per heavy atom. The number of amides is 1. The van der Waals surface area contributed by atoms with Crippen LogP contribution in [-0.2, 0) is 21.3 Å². The Morgan fingerprint density at radius 2 is 1.95 bits per heavy atom. The van der Waals surface area contributed by atoms with Gasteiger partial charge in [0.1, 0.15) is 0 Å². The maximum absolute atomic E-state index is 12.3. The first-order chi connectivity index (χ1) is 10.6. The van der Waals surface area contributed by atoms with Crippen LogP contribution in [0.1, 0.15) is 24.8 Å². The van der Waals surface area contributed by atoms with Crippen LogP contribution in [-0.4, -0.2) is 28.5 Å². The molecule has 2 bridgehead atoms. The van der Waals surface area contributed by atoms with Crippen molar-refractivity contribution in [2.45, 2.75) is 31.1 Å². The van der Waals surface area contributed by atoms with Gasteiger partial charge in [0.15, 0.2) is 0 Å². The Hall–Kier alpha value is -1.20. The molecule has 0 aliphatic heterocycles. The number of carbonyl (C=O) groups excluding carboxylic acids is 1. The van der Waals surface area contributed by atoms with E-state index in [2.05, 4.69) is 5.32 Å². The number of carbonyl (C=O) groups is 1. The second-order valence-electron chi connectivity index (χ2n) is 6.50. The zero-order valence-electron chi connectivity index (χ0n) is 12.7. The molecule has 3 N–H and O–H groups in total. The molecule has 0 heterocycles. The molecule has 0 aromatic heterocycles. The van der Waals surface area contributed by atoms with E-state index in [0.717, 1.165) is 18.4 Å². The topological polar surface area (TPSA) is 72.2 Å². The van der Waals surface area contributed by atoms with Crippen molar-refractivity contribution in [1.29, 1.82) is 0 Å². The summed E-state index contributed by atoms with van der Waals surface area (Å²) >= 11 is 0. The van der Waals surface area contributed by atoms with Crippen LogP contribution < -0.4 is 11.1 Å². The molecule has 2 saturated carbocycles. The van der Waals surface area contributed by atoms with Gasteiger partial charge in [0, 0.05) is 34.9 Å². The second kappa shape index (κ2) is 6.92. The number of nitrogens with one attached hydrogen (secondary N) is 1. The van der Waals surface area contributed by atoms with Gasteiger partial charge in [-0.1, -0.05) is 30.3 Å². The fraction of sp³-hybridized carbons (Fsp3) is 0.588. The molecule has 5 atom stereocenters. The molecule has 0 radical (unpaired) electrons. The summed E-state index contributed by atoms with van der Waals surface area (Å²) in [4.78, 5) is 12.3. The lowest BCUT2D eigenvalue weighted by Crippen LogP contribution is -2.46. The number of benzene rings is 1. The van der Waals surface area contributed by atoms with Crippen LogP contribution >= 0.6 is 0 Å². The highest BCUT2D eigenvalue weighted by Crippen LogP contribution is 2.47. The molecule has 0 spiro atoms. The van der Waals surface area contributed by atoms with E-state index >= 15 is 0 Å². The number of nitrogens with two attached hydrogens (primary N) is 1.